The molecule has 0 fully saturated rings. The molecular formula is C51H104. The smallest absolute Gasteiger partial charge is 0.0292 e. The van der Waals surface area contributed by atoms with Crippen LogP contribution in [0.2, 0.25) is 0 Å². The molecule has 0 saturated heterocycles. The molecule has 0 saturated carbocycles. The maximum absolute atomic E-state index is 2.38. The monoisotopic (exact) mass is 717 g/mol. The molecule has 0 aromatic carbocycles. The van der Waals surface area contributed by atoms with Crippen molar-refractivity contribution in [3.8, 4) is 0 Å². The fourth-order valence-corrected chi connectivity index (χ4v) is 9.76. The Morgan fingerprint density at radius 1 is 0.176 bits per heavy atom. The molecule has 0 bridgehead atoms. The molecule has 51 heavy (non-hydrogen) atoms. The summed E-state index contributed by atoms with van der Waals surface area (Å²) in [5.41, 5.74) is 1.21. The van der Waals surface area contributed by atoms with Crippen molar-refractivity contribution in [3.05, 3.63) is 0 Å². The van der Waals surface area contributed by atoms with Crippen LogP contribution in [0.15, 0.2) is 0 Å². The Hall–Kier alpha value is 0. The maximum atomic E-state index is 2.38. The normalized spacial score (nSPS) is 12.4. The lowest BCUT2D eigenvalue weighted by Crippen LogP contribution is -2.33. The van der Waals surface area contributed by atoms with E-state index in [4.69, 9.17) is 0 Å². The van der Waals surface area contributed by atoms with Gasteiger partial charge in [-0.05, 0) is 55.8 Å². The van der Waals surface area contributed by atoms with Gasteiger partial charge in [-0.15, -0.1) is 0 Å². The number of hydrogen-bond donors (Lipinski definition) is 0. The van der Waals surface area contributed by atoms with Crippen molar-refractivity contribution in [1.29, 1.82) is 0 Å². The van der Waals surface area contributed by atoms with Crippen molar-refractivity contribution >= 4 is 0 Å². The molecule has 0 nitrogen and oxygen atoms in total. The molecule has 0 radical (unpaired) electrons. The van der Waals surface area contributed by atoms with E-state index < -0.39 is 0 Å². The van der Waals surface area contributed by atoms with Crippen molar-refractivity contribution in [2.45, 2.75) is 318 Å². The molecule has 0 heteroatoms. The molecule has 0 aliphatic heterocycles. The van der Waals surface area contributed by atoms with E-state index >= 15 is 0 Å². The summed E-state index contributed by atoms with van der Waals surface area (Å²) in [6, 6.07) is 0. The first-order valence-electron chi connectivity index (χ1n) is 25.1. The van der Waals surface area contributed by atoms with Crippen molar-refractivity contribution in [2.24, 2.45) is 10.8 Å². The van der Waals surface area contributed by atoms with Crippen LogP contribution in [0.3, 0.4) is 0 Å². The van der Waals surface area contributed by atoms with Gasteiger partial charge in [0.05, 0.1) is 0 Å². The first-order valence-corrected chi connectivity index (χ1v) is 25.1. The largest absolute Gasteiger partial charge is 0.0654 e. The molecular weight excluding hydrogens is 613 g/mol. The molecule has 0 unspecified atom stereocenters. The van der Waals surface area contributed by atoms with Crippen LogP contribution in [-0.4, -0.2) is 0 Å². The van der Waals surface area contributed by atoms with Crippen molar-refractivity contribution in [3.63, 3.8) is 0 Å². The van der Waals surface area contributed by atoms with E-state index in [2.05, 4.69) is 41.5 Å². The minimum absolute atomic E-state index is 0.604. The van der Waals surface area contributed by atoms with Gasteiger partial charge < -0.3 is 0 Å². The Labute approximate surface area is 327 Å². The van der Waals surface area contributed by atoms with Crippen molar-refractivity contribution < 1.29 is 0 Å². The molecule has 0 spiro atoms. The highest BCUT2D eigenvalue weighted by Gasteiger charge is 2.39. The maximum Gasteiger partial charge on any atom is -0.0292 e. The van der Waals surface area contributed by atoms with E-state index in [0.29, 0.717) is 10.8 Å². The van der Waals surface area contributed by atoms with Crippen LogP contribution >= 0.6 is 0 Å². The third kappa shape index (κ3) is 32.0. The van der Waals surface area contributed by atoms with Gasteiger partial charge in [-0.25, -0.2) is 0 Å². The highest BCUT2D eigenvalue weighted by molar-refractivity contribution is 4.91. The molecule has 0 N–H and O–H groups in total. The van der Waals surface area contributed by atoms with Crippen LogP contribution in [0.1, 0.15) is 318 Å². The summed E-state index contributed by atoms with van der Waals surface area (Å²) in [4.78, 5) is 0. The Morgan fingerprint density at radius 3 is 0.471 bits per heavy atom. The van der Waals surface area contributed by atoms with Gasteiger partial charge in [0.1, 0.15) is 0 Å². The second kappa shape index (κ2) is 39.7. The summed E-state index contributed by atoms with van der Waals surface area (Å²) < 4.78 is 0. The fourth-order valence-electron chi connectivity index (χ4n) is 9.76. The van der Waals surface area contributed by atoms with Gasteiger partial charge in [0.15, 0.2) is 0 Å². The van der Waals surface area contributed by atoms with Crippen LogP contribution in [-0.2, 0) is 0 Å². The van der Waals surface area contributed by atoms with E-state index in [1.165, 1.54) is 231 Å². The fraction of sp³-hybridized carbons (Fsp3) is 1.00. The van der Waals surface area contributed by atoms with Crippen LogP contribution in [0.25, 0.3) is 0 Å². The molecule has 0 heterocycles. The Balaban J connectivity index is 6.35. The lowest BCUT2D eigenvalue weighted by molar-refractivity contribution is 0.0592. The Morgan fingerprint density at radius 2 is 0.314 bits per heavy atom. The van der Waals surface area contributed by atoms with Crippen LogP contribution in [0.5, 0.6) is 0 Å². The van der Waals surface area contributed by atoms with Gasteiger partial charge in [0.25, 0.3) is 0 Å². The highest BCUT2D eigenvalue weighted by Crippen LogP contribution is 2.52. The summed E-state index contributed by atoms with van der Waals surface area (Å²) in [5.74, 6) is 0. The van der Waals surface area contributed by atoms with Crippen molar-refractivity contribution in [1.82, 2.24) is 0 Å². The zero-order chi connectivity index (χ0) is 37.4. The molecule has 0 aromatic heterocycles. The van der Waals surface area contributed by atoms with Gasteiger partial charge in [-0.2, -0.15) is 0 Å². The number of hydrogen-bond acceptors (Lipinski definition) is 0. The van der Waals surface area contributed by atoms with Crippen LogP contribution in [0.4, 0.5) is 0 Å². The number of unbranched alkanes of at least 4 members (excludes halogenated alkanes) is 30. The quantitative estimate of drug-likeness (QED) is 0.0551. The topological polar surface area (TPSA) is 0 Å². The predicted octanol–water partition coefficient (Wildman–Crippen LogP) is 19.9. The van der Waals surface area contributed by atoms with E-state index in [0.717, 1.165) is 0 Å². The number of rotatable bonds is 44. The minimum Gasteiger partial charge on any atom is -0.0654 e. The van der Waals surface area contributed by atoms with E-state index in [1.54, 1.807) is 44.9 Å². The molecule has 0 aromatic rings. The van der Waals surface area contributed by atoms with Gasteiger partial charge in [-0.1, -0.05) is 273 Å². The van der Waals surface area contributed by atoms with Gasteiger partial charge in [0, 0.05) is 0 Å². The van der Waals surface area contributed by atoms with E-state index in [9.17, 15) is 0 Å². The molecule has 0 aliphatic rings. The summed E-state index contributed by atoms with van der Waals surface area (Å²) in [7, 11) is 0. The van der Waals surface area contributed by atoms with Crippen LogP contribution in [0, 0.1) is 10.8 Å². The summed E-state index contributed by atoms with van der Waals surface area (Å²) >= 11 is 0. The Kier molecular flexibility index (Phi) is 39.7. The molecule has 0 amide bonds. The van der Waals surface area contributed by atoms with E-state index in [-0.39, 0.29) is 0 Å². The first kappa shape index (κ1) is 51.0. The molecule has 308 valence electrons. The predicted molar refractivity (Wildman–Crippen MR) is 237 cm³/mol. The highest BCUT2D eigenvalue weighted by atomic mass is 14.4. The zero-order valence-electron chi connectivity index (χ0n) is 37.4. The zero-order valence-corrected chi connectivity index (χ0v) is 37.4. The Bertz CT molecular complexity index is 496. The molecule has 0 aliphatic carbocycles. The van der Waals surface area contributed by atoms with Gasteiger partial charge in [-0.3, -0.25) is 0 Å². The van der Waals surface area contributed by atoms with Gasteiger partial charge in [0.2, 0.25) is 0 Å². The SMILES string of the molecule is CCCCCCCCC(CCCCCCCC)(CCCCCCCC)CC(CCCCCCCC)(CCCCCCCC)CCCCCCCC. The lowest BCUT2D eigenvalue weighted by atomic mass is 9.60. The average molecular weight is 717 g/mol. The van der Waals surface area contributed by atoms with E-state index in [1.807, 2.05) is 0 Å². The minimum atomic E-state index is 0.604. The summed E-state index contributed by atoms with van der Waals surface area (Å²) in [6.07, 6.45) is 63.5. The molecule has 0 atom stereocenters. The van der Waals surface area contributed by atoms with Crippen molar-refractivity contribution in [2.75, 3.05) is 0 Å². The average Bonchev–Trinajstić information content (AvgIpc) is 3.13. The second-order valence-corrected chi connectivity index (χ2v) is 18.3. The third-order valence-electron chi connectivity index (χ3n) is 13.1. The lowest BCUT2D eigenvalue weighted by Gasteiger charge is -2.46. The first-order chi connectivity index (χ1) is 25.1. The summed E-state index contributed by atoms with van der Waals surface area (Å²) in [6.45, 7) is 14.3. The second-order valence-electron chi connectivity index (χ2n) is 18.3. The standard InChI is InChI=1S/C51H104/c1-7-13-19-25-31-37-43-50(44-38-32-26-20-14-8-2,45-39-33-27-21-15-9-3)49-51(46-40-34-28-22-16-10-4,47-41-35-29-23-17-11-5)48-42-36-30-24-18-12-6/h7-49H2,1-6H3. The third-order valence-corrected chi connectivity index (χ3v) is 13.1. The molecule has 0 rings (SSSR count). The summed E-state index contributed by atoms with van der Waals surface area (Å²) in [5, 5.41) is 0. The van der Waals surface area contributed by atoms with Crippen LogP contribution < -0.4 is 0 Å². The van der Waals surface area contributed by atoms with Gasteiger partial charge >= 0.3 is 0 Å².